The first-order chi connectivity index (χ1) is 38.6. The zero-order chi connectivity index (χ0) is 62.4. The molecule has 1 unspecified atom stereocenters. The second-order valence-corrected chi connectivity index (χ2v) is 15.7. The third-order valence-corrected chi connectivity index (χ3v) is 10.5. The third kappa shape index (κ3) is 9.01. The number of aromatic hydroxyl groups is 1. The van der Waals surface area contributed by atoms with Crippen LogP contribution in [0.3, 0.4) is 0 Å². The summed E-state index contributed by atoms with van der Waals surface area (Å²) in [6, 6.07) is -15.7. The summed E-state index contributed by atoms with van der Waals surface area (Å²) in [5, 5.41) is 18.8. The van der Waals surface area contributed by atoms with Crippen LogP contribution in [0.4, 0.5) is 0 Å². The van der Waals surface area contributed by atoms with Gasteiger partial charge in [0.2, 0.25) is 16.6 Å². The van der Waals surface area contributed by atoms with Crippen LogP contribution in [0, 0.1) is 12.8 Å². The lowest BCUT2D eigenvalue weighted by Gasteiger charge is -2.41. The van der Waals surface area contributed by atoms with Gasteiger partial charge >= 0.3 is 5.97 Å². The molecule has 1 N–H and O–H groups in total. The van der Waals surface area contributed by atoms with Crippen molar-refractivity contribution in [2.24, 2.45) is 5.92 Å². The Morgan fingerprint density at radius 3 is 1.42 bits per heavy atom. The Balaban J connectivity index is 0.000000240. The fraction of sp³-hybridized carbons (Fsp3) is 0.314. The van der Waals surface area contributed by atoms with E-state index in [2.05, 4.69) is 10.2 Å². The largest absolute Gasteiger partial charge is 0.502 e. The van der Waals surface area contributed by atoms with Crippen molar-refractivity contribution in [3.05, 3.63) is 187 Å². The van der Waals surface area contributed by atoms with Crippen LogP contribution in [-0.4, -0.2) is 77.4 Å². The molecule has 3 atom stereocenters. The van der Waals surface area contributed by atoms with Crippen molar-refractivity contribution in [3.63, 3.8) is 0 Å². The number of nitrogens with zero attached hydrogens (tertiary/aromatic N) is 6. The molecule has 6 aromatic rings. The van der Waals surface area contributed by atoms with Gasteiger partial charge in [0.15, 0.2) is 17.1 Å². The highest BCUT2D eigenvalue weighted by atomic mass is 16.5. The summed E-state index contributed by atoms with van der Waals surface area (Å²) in [6.45, 7) is 10.6. The predicted octanol–water partition coefficient (Wildman–Crippen LogP) is 7.54. The van der Waals surface area contributed by atoms with Gasteiger partial charge in [-0.2, -0.15) is 10.2 Å². The highest BCUT2D eigenvalue weighted by molar-refractivity contribution is 5.97. The highest BCUT2D eigenvalue weighted by Gasteiger charge is 2.42. The highest BCUT2D eigenvalue weighted by Crippen LogP contribution is 2.41. The molecule has 2 amide bonds. The van der Waals surface area contributed by atoms with Crippen molar-refractivity contribution in [2.75, 3.05) is 13.1 Å². The number of carbonyl (C=O) groups excluding carboxylic acids is 3. The second kappa shape index (κ2) is 19.1. The van der Waals surface area contributed by atoms with Gasteiger partial charge < -0.3 is 19.6 Å². The molecule has 4 heterocycles. The van der Waals surface area contributed by atoms with E-state index in [0.29, 0.717) is 0 Å². The molecule has 2 aliphatic rings. The van der Waals surface area contributed by atoms with E-state index < -0.39 is 219 Å². The van der Waals surface area contributed by atoms with Crippen molar-refractivity contribution in [2.45, 2.75) is 84.5 Å². The van der Waals surface area contributed by atoms with Crippen LogP contribution in [-0.2, 0) is 4.79 Å². The van der Waals surface area contributed by atoms with Gasteiger partial charge in [0.25, 0.3) is 11.8 Å². The quantitative estimate of drug-likeness (QED) is 0.137. The van der Waals surface area contributed by atoms with Crippen LogP contribution in [0.5, 0.6) is 11.5 Å². The SMILES string of the molecule is [2H]c1c([2H])c([2H])c(C(c2c([2H])c([2H])c(C)c([2H])c2[2H])[C@H]2CN(C(C)C)C(=O)c3c(OC(=O)C(C)C)c(=O)cnn32)c([2H])c1[2H].[2H]c1c([2H])c([2H])c(C(c2c([2H])c([2H])c([2H])c([2H])c2[2H])[C@H]2CN(C(C)C)C(=O)c3c(O)c(=O)cnn32)c([2H])c1[2H]. The molecular weight excluding hydrogens is 809 g/mol. The molecule has 4 aromatic carbocycles. The minimum Gasteiger partial charge on any atom is -0.502 e. The molecule has 0 aliphatic carbocycles. The molecule has 0 fully saturated rings. The van der Waals surface area contributed by atoms with E-state index in [1.165, 1.54) is 30.6 Å². The molecule has 13 heteroatoms. The lowest BCUT2D eigenvalue weighted by molar-refractivity contribution is -0.137. The second-order valence-electron chi connectivity index (χ2n) is 15.7. The van der Waals surface area contributed by atoms with Crippen LogP contribution < -0.4 is 15.6 Å². The normalized spacial score (nSPS) is 20.5. The van der Waals surface area contributed by atoms with Crippen molar-refractivity contribution in [1.29, 1.82) is 0 Å². The van der Waals surface area contributed by atoms with Gasteiger partial charge in [0.05, 0.1) is 56.4 Å². The lowest BCUT2D eigenvalue weighted by Crippen LogP contribution is -2.50. The molecule has 0 saturated carbocycles. The lowest BCUT2D eigenvalue weighted by atomic mass is 9.83. The van der Waals surface area contributed by atoms with E-state index in [1.807, 2.05) is 0 Å². The molecule has 2 aliphatic heterocycles. The minimum atomic E-state index is -1.56. The molecule has 330 valence electrons. The number of carbonyl (C=O) groups is 3. The average Bonchev–Trinajstić information content (AvgIpc) is 1.84. The van der Waals surface area contributed by atoms with Crippen LogP contribution >= 0.6 is 0 Å². The van der Waals surface area contributed by atoms with Gasteiger partial charge in [0, 0.05) is 37.0 Å². The first-order valence-corrected chi connectivity index (χ1v) is 20.1. The number of amides is 2. The van der Waals surface area contributed by atoms with Gasteiger partial charge in [0.1, 0.15) is 0 Å². The maximum atomic E-state index is 13.8. The molecule has 8 rings (SSSR count). The van der Waals surface area contributed by atoms with Gasteiger partial charge in [-0.05, 0) is 56.9 Å². The van der Waals surface area contributed by atoms with Crippen molar-refractivity contribution >= 4 is 17.8 Å². The molecule has 0 saturated heterocycles. The Morgan fingerprint density at radius 1 is 0.609 bits per heavy atom. The van der Waals surface area contributed by atoms with Crippen LogP contribution in [0.1, 0.15) is 140 Å². The molecule has 2 aromatic heterocycles. The van der Waals surface area contributed by atoms with E-state index >= 15 is 0 Å². The number of ether oxygens (including phenoxy) is 1. The Hall–Kier alpha value is -7.15. The number of hydrogen-bond acceptors (Lipinski definition) is 9. The average molecular weight is 882 g/mol. The van der Waals surface area contributed by atoms with Gasteiger partial charge in [-0.3, -0.25) is 33.3 Å². The van der Waals surface area contributed by atoms with Gasteiger partial charge in [-0.1, -0.05) is 134 Å². The molecule has 0 radical (unpaired) electrons. The molecule has 13 nitrogen and oxygen atoms in total. The molecular formula is C51H54N6O7. The molecule has 64 heavy (non-hydrogen) atoms. The summed E-state index contributed by atoms with van der Waals surface area (Å²) in [6.07, 6.45) is 1.56. The fourth-order valence-corrected chi connectivity index (χ4v) is 7.35. The fourth-order valence-electron chi connectivity index (χ4n) is 7.35. The Labute approximate surface area is 399 Å². The number of esters is 1. The number of rotatable bonds is 10. The summed E-state index contributed by atoms with van der Waals surface area (Å²) in [7, 11) is 0. The maximum Gasteiger partial charge on any atom is 0.313 e. The third-order valence-electron chi connectivity index (χ3n) is 10.5. The monoisotopic (exact) mass is 882 g/mol. The summed E-state index contributed by atoms with van der Waals surface area (Å²) in [5.74, 6) is -7.57. The van der Waals surface area contributed by atoms with E-state index in [4.69, 9.17) is 30.8 Å². The predicted molar refractivity (Wildman–Crippen MR) is 244 cm³/mol. The van der Waals surface area contributed by atoms with Crippen molar-refractivity contribution in [1.82, 2.24) is 29.4 Å². The standard InChI is InChI=1S/C28H31N3O4.C23H23N3O3/c1-17(2)28(34)35-26-23(32)15-29-31-22(16-30(18(3)4)27(33)25(26)31)24(20-9-7-6-8-10-20)21-13-11-19(5)12-14-21;1-15(2)25-14-18(26-21(23(25)29)22(28)19(27)13-24-26)20(16-9-5-3-6-10-16)17-11-7-4-8-12-17/h6-15,17-18,22,24H,16H2,1-5H3;3-13,15,18,20,28H,14H2,1-2H3/t22-,24?;18-/m11/s1/i6D,7D,8D,9D,10D,11D,12D,13D,14D;3D,4D,5D,6D,7D,8D,9D,10D,11D,12D. The molecule has 0 spiro atoms. The zero-order valence-electron chi connectivity index (χ0n) is 54.7. The smallest absolute Gasteiger partial charge is 0.313 e. The van der Waals surface area contributed by atoms with E-state index in [0.717, 1.165) is 21.8 Å². The van der Waals surface area contributed by atoms with Crippen LogP contribution in [0.25, 0.3) is 0 Å². The number of benzene rings is 4. The summed E-state index contributed by atoms with van der Waals surface area (Å²) >= 11 is 0. The van der Waals surface area contributed by atoms with Gasteiger partial charge in [-0.25, -0.2) is 0 Å². The number of aromatic nitrogens is 4. The zero-order valence-corrected chi connectivity index (χ0v) is 35.7. The number of hydrogen-bond donors (Lipinski definition) is 1. The summed E-state index contributed by atoms with van der Waals surface area (Å²) < 4.78 is 168. The van der Waals surface area contributed by atoms with E-state index in [9.17, 15) is 29.1 Å². The molecule has 0 bridgehead atoms. The Morgan fingerprint density at radius 2 is 1.00 bits per heavy atom. The van der Waals surface area contributed by atoms with Gasteiger partial charge in [-0.15, -0.1) is 0 Å². The first-order valence-electron chi connectivity index (χ1n) is 29.6. The number of fused-ring (bicyclic) bond motifs is 2. The van der Waals surface area contributed by atoms with Crippen molar-refractivity contribution < 1.29 is 50.3 Å². The maximum absolute atomic E-state index is 13.8. The van der Waals surface area contributed by atoms with Crippen LogP contribution in [0.2, 0.25) is 0 Å². The first kappa shape index (κ1) is 26.5. The van der Waals surface area contributed by atoms with E-state index in [1.54, 1.807) is 27.7 Å². The topological polar surface area (TPSA) is 157 Å². The summed E-state index contributed by atoms with van der Waals surface area (Å²) in [5.41, 5.74) is -4.19. The summed E-state index contributed by atoms with van der Waals surface area (Å²) in [4.78, 5) is 67.6. The van der Waals surface area contributed by atoms with Crippen molar-refractivity contribution in [3.8, 4) is 11.5 Å². The minimum absolute atomic E-state index is 0.0382. The van der Waals surface area contributed by atoms with Crippen LogP contribution in [0.15, 0.2) is 137 Å². The Kier molecular flexibility index (Phi) is 7.89. The van der Waals surface area contributed by atoms with E-state index in [-0.39, 0.29) is 29.8 Å². The Bertz CT molecular complexity index is 3620.